The zero-order valence-electron chi connectivity index (χ0n) is 12.4. The van der Waals surface area contributed by atoms with E-state index in [2.05, 4.69) is 10.3 Å². The van der Waals surface area contributed by atoms with E-state index in [0.717, 1.165) is 17.8 Å². The van der Waals surface area contributed by atoms with Gasteiger partial charge in [0.2, 0.25) is 0 Å². The van der Waals surface area contributed by atoms with Crippen LogP contribution in [0.25, 0.3) is 6.08 Å². The maximum absolute atomic E-state index is 11.9. The van der Waals surface area contributed by atoms with Crippen molar-refractivity contribution in [1.29, 1.82) is 0 Å². The van der Waals surface area contributed by atoms with E-state index in [4.69, 9.17) is 14.6 Å². The number of benzene rings is 1. The van der Waals surface area contributed by atoms with Crippen LogP contribution in [0.5, 0.6) is 0 Å². The third kappa shape index (κ3) is 3.78. The van der Waals surface area contributed by atoms with Crippen LogP contribution in [0.1, 0.15) is 26.5 Å². The van der Waals surface area contributed by atoms with Gasteiger partial charge in [0.15, 0.2) is 5.17 Å². The molecule has 0 spiro atoms. The fourth-order valence-corrected chi connectivity index (χ4v) is 2.84. The minimum atomic E-state index is -1.27. The van der Waals surface area contributed by atoms with Crippen LogP contribution in [0.15, 0.2) is 50.9 Å². The zero-order chi connectivity index (χ0) is 18.0. The third-order valence-electron chi connectivity index (χ3n) is 3.11. The summed E-state index contributed by atoms with van der Waals surface area (Å²) < 4.78 is 5.14. The molecule has 8 nitrogen and oxygen atoms in total. The first-order valence-electron chi connectivity index (χ1n) is 6.87. The molecule has 1 saturated heterocycles. The van der Waals surface area contributed by atoms with Crippen molar-refractivity contribution in [2.45, 2.75) is 0 Å². The molecule has 3 N–H and O–H groups in total. The molecule has 2 aromatic rings. The van der Waals surface area contributed by atoms with Crippen molar-refractivity contribution in [1.82, 2.24) is 5.32 Å². The summed E-state index contributed by atoms with van der Waals surface area (Å²) in [5.41, 5.74) is -0.306. The number of carbonyl (C=O) groups excluding carboxylic acids is 1. The average Bonchev–Trinajstić information content (AvgIpc) is 3.17. The summed E-state index contributed by atoms with van der Waals surface area (Å²) in [5, 5.41) is 20.9. The summed E-state index contributed by atoms with van der Waals surface area (Å²) >= 11 is 1.04. The second-order valence-electron chi connectivity index (χ2n) is 4.88. The number of amidine groups is 1. The second-order valence-corrected chi connectivity index (χ2v) is 5.91. The predicted molar refractivity (Wildman–Crippen MR) is 89.9 cm³/mol. The van der Waals surface area contributed by atoms with Gasteiger partial charge in [0.1, 0.15) is 5.76 Å². The monoisotopic (exact) mass is 358 g/mol. The van der Waals surface area contributed by atoms with Crippen LogP contribution in [0.2, 0.25) is 0 Å². The van der Waals surface area contributed by atoms with E-state index in [1.54, 1.807) is 18.2 Å². The lowest BCUT2D eigenvalue weighted by molar-refractivity contribution is -0.115. The number of aliphatic imine (C=N–C) groups is 1. The highest BCUT2D eigenvalue weighted by atomic mass is 32.2. The van der Waals surface area contributed by atoms with Gasteiger partial charge in [0.05, 0.1) is 28.0 Å². The van der Waals surface area contributed by atoms with Gasteiger partial charge in [-0.2, -0.15) is 0 Å². The molecule has 1 aliphatic heterocycles. The standard InChI is InChI=1S/C16H10N2O6S/c19-13-12(7-11-2-1-3-24-11)25-16(18-13)17-10-5-8(14(20)21)4-9(6-10)15(22)23/h1-7H,(H,20,21)(H,22,23)(H,17,18,19)/b12-7+. The second kappa shape index (κ2) is 6.65. The molecule has 3 rings (SSSR count). The van der Waals surface area contributed by atoms with Crippen LogP contribution in [-0.2, 0) is 4.79 Å². The molecule has 25 heavy (non-hydrogen) atoms. The van der Waals surface area contributed by atoms with E-state index in [0.29, 0.717) is 10.7 Å². The van der Waals surface area contributed by atoms with Gasteiger partial charge in [-0.05, 0) is 42.1 Å². The zero-order valence-corrected chi connectivity index (χ0v) is 13.2. The van der Waals surface area contributed by atoms with E-state index >= 15 is 0 Å². The van der Waals surface area contributed by atoms with Gasteiger partial charge in [-0.3, -0.25) is 4.79 Å². The summed E-state index contributed by atoms with van der Waals surface area (Å²) in [5.74, 6) is -2.43. The highest BCUT2D eigenvalue weighted by Crippen LogP contribution is 2.28. The van der Waals surface area contributed by atoms with Crippen LogP contribution in [-0.4, -0.2) is 33.2 Å². The lowest BCUT2D eigenvalue weighted by atomic mass is 10.1. The lowest BCUT2D eigenvalue weighted by Gasteiger charge is -2.02. The molecule has 1 aromatic carbocycles. The van der Waals surface area contributed by atoms with E-state index in [1.165, 1.54) is 18.4 Å². The number of thioether (sulfide) groups is 1. The van der Waals surface area contributed by atoms with Crippen LogP contribution in [0, 0.1) is 0 Å². The summed E-state index contributed by atoms with van der Waals surface area (Å²) in [6.07, 6.45) is 3.02. The van der Waals surface area contributed by atoms with E-state index in [9.17, 15) is 14.4 Å². The van der Waals surface area contributed by atoms with Gasteiger partial charge >= 0.3 is 11.9 Å². The molecule has 126 valence electrons. The number of carboxylic acids is 2. The summed E-state index contributed by atoms with van der Waals surface area (Å²) in [7, 11) is 0. The van der Waals surface area contributed by atoms with Gasteiger partial charge in [-0.25, -0.2) is 14.6 Å². The molecule has 1 aliphatic rings. The minimum absolute atomic E-state index is 0.111. The molecule has 0 bridgehead atoms. The number of nitrogens with one attached hydrogen (secondary N) is 1. The van der Waals surface area contributed by atoms with Crippen molar-refractivity contribution in [3.05, 3.63) is 58.4 Å². The molecule has 0 radical (unpaired) electrons. The van der Waals surface area contributed by atoms with E-state index < -0.39 is 11.9 Å². The Kier molecular flexibility index (Phi) is 4.40. The molecule has 0 aliphatic carbocycles. The predicted octanol–water partition coefficient (Wildman–Crippen LogP) is 2.57. The Bertz CT molecular complexity index is 898. The number of amides is 1. The third-order valence-corrected chi connectivity index (χ3v) is 4.02. The Balaban J connectivity index is 1.92. The molecule has 1 amide bonds. The van der Waals surface area contributed by atoms with Crippen LogP contribution in [0.3, 0.4) is 0 Å². The number of nitrogens with zero attached hydrogens (tertiary/aromatic N) is 1. The summed E-state index contributed by atoms with van der Waals surface area (Å²) in [6.45, 7) is 0. The number of aromatic carboxylic acids is 2. The molecule has 1 aromatic heterocycles. The first kappa shape index (κ1) is 16.5. The smallest absolute Gasteiger partial charge is 0.335 e. The summed E-state index contributed by atoms with van der Waals surface area (Å²) in [6, 6.07) is 6.86. The Labute approximate surface area is 144 Å². The minimum Gasteiger partial charge on any atom is -0.478 e. The maximum atomic E-state index is 11.9. The van der Waals surface area contributed by atoms with Gasteiger partial charge < -0.3 is 19.9 Å². The van der Waals surface area contributed by atoms with Crippen molar-refractivity contribution >= 4 is 46.5 Å². The first-order valence-corrected chi connectivity index (χ1v) is 7.69. The molecule has 9 heteroatoms. The number of furan rings is 1. The van der Waals surface area contributed by atoms with Gasteiger partial charge in [-0.15, -0.1) is 0 Å². The van der Waals surface area contributed by atoms with Crippen molar-refractivity contribution in [3.8, 4) is 0 Å². The average molecular weight is 358 g/mol. The van der Waals surface area contributed by atoms with Crippen LogP contribution < -0.4 is 5.32 Å². The Morgan fingerprint density at radius 3 is 2.40 bits per heavy atom. The Morgan fingerprint density at radius 2 is 1.84 bits per heavy atom. The number of carbonyl (C=O) groups is 3. The van der Waals surface area contributed by atoms with E-state index in [-0.39, 0.29) is 27.9 Å². The lowest BCUT2D eigenvalue weighted by Crippen LogP contribution is -2.19. The quantitative estimate of drug-likeness (QED) is 0.716. The van der Waals surface area contributed by atoms with E-state index in [1.807, 2.05) is 0 Å². The molecule has 1 fully saturated rings. The van der Waals surface area contributed by atoms with Crippen molar-refractivity contribution in [2.75, 3.05) is 0 Å². The van der Waals surface area contributed by atoms with Crippen molar-refractivity contribution < 1.29 is 29.0 Å². The number of hydrogen-bond acceptors (Lipinski definition) is 6. The molecule has 0 saturated carbocycles. The topological polar surface area (TPSA) is 129 Å². The largest absolute Gasteiger partial charge is 0.478 e. The highest BCUT2D eigenvalue weighted by molar-refractivity contribution is 8.18. The molecule has 2 heterocycles. The number of hydrogen-bond donors (Lipinski definition) is 3. The molecule has 0 atom stereocenters. The molecule has 0 unspecified atom stereocenters. The van der Waals surface area contributed by atoms with Crippen LogP contribution in [0.4, 0.5) is 5.69 Å². The highest BCUT2D eigenvalue weighted by Gasteiger charge is 2.24. The molecular weight excluding hydrogens is 348 g/mol. The Morgan fingerprint density at radius 1 is 1.16 bits per heavy atom. The number of rotatable bonds is 4. The van der Waals surface area contributed by atoms with Crippen molar-refractivity contribution in [2.24, 2.45) is 4.99 Å². The van der Waals surface area contributed by atoms with Gasteiger partial charge in [0.25, 0.3) is 5.91 Å². The Hall–Kier alpha value is -3.33. The van der Waals surface area contributed by atoms with Gasteiger partial charge in [0, 0.05) is 6.08 Å². The summed E-state index contributed by atoms with van der Waals surface area (Å²) in [4.78, 5) is 38.6. The molecular formula is C16H10N2O6S. The van der Waals surface area contributed by atoms with Gasteiger partial charge in [-0.1, -0.05) is 0 Å². The first-order chi connectivity index (χ1) is 11.9. The van der Waals surface area contributed by atoms with Crippen molar-refractivity contribution in [3.63, 3.8) is 0 Å². The number of carboxylic acid groups (broad SMARTS) is 2. The van der Waals surface area contributed by atoms with Crippen LogP contribution >= 0.6 is 11.8 Å². The fourth-order valence-electron chi connectivity index (χ4n) is 2.02. The SMILES string of the molecule is O=C1NC(=Nc2cc(C(=O)O)cc(C(=O)O)c2)S/C1=C/c1ccco1. The normalized spacial score (nSPS) is 17.0. The fraction of sp³-hybridized carbons (Fsp3) is 0. The maximum Gasteiger partial charge on any atom is 0.335 e.